The van der Waals surface area contributed by atoms with Gasteiger partial charge in [0.2, 0.25) is 0 Å². The summed E-state index contributed by atoms with van der Waals surface area (Å²) < 4.78 is 12.1. The first-order valence-corrected chi connectivity index (χ1v) is 17.1. The van der Waals surface area contributed by atoms with Crippen LogP contribution in [0.25, 0.3) is 0 Å². The molecule has 4 fully saturated rings. The smallest absolute Gasteiger partial charge is 0.333 e. The molecule has 0 unspecified atom stereocenters. The molecular formula is C37H58O8. The van der Waals surface area contributed by atoms with Crippen LogP contribution in [-0.2, 0) is 19.1 Å². The zero-order valence-corrected chi connectivity index (χ0v) is 29.0. The Morgan fingerprint density at radius 1 is 0.889 bits per heavy atom. The maximum atomic E-state index is 13.1. The Hall–Kier alpha value is -1.74. The van der Waals surface area contributed by atoms with E-state index in [4.69, 9.17) is 9.47 Å². The van der Waals surface area contributed by atoms with Crippen LogP contribution in [0.1, 0.15) is 107 Å². The molecule has 5 aliphatic carbocycles. The van der Waals surface area contributed by atoms with Crippen LogP contribution in [0.2, 0.25) is 0 Å². The number of hydrogen-bond acceptors (Lipinski definition) is 8. The highest BCUT2D eigenvalue weighted by Crippen LogP contribution is 2.76. The Morgan fingerprint density at radius 2 is 1.56 bits per heavy atom. The first-order chi connectivity index (χ1) is 20.8. The number of fused-ring (bicyclic) bond motifs is 7. The van der Waals surface area contributed by atoms with Gasteiger partial charge in [0.25, 0.3) is 0 Å². The van der Waals surface area contributed by atoms with Gasteiger partial charge in [-0.15, -0.1) is 0 Å². The second kappa shape index (κ2) is 11.2. The molecule has 45 heavy (non-hydrogen) atoms. The Morgan fingerprint density at radius 3 is 2.13 bits per heavy atom. The first kappa shape index (κ1) is 34.6. The minimum Gasteiger partial charge on any atom is -0.458 e. The van der Waals surface area contributed by atoms with E-state index in [1.807, 2.05) is 13.8 Å². The predicted molar refractivity (Wildman–Crippen MR) is 171 cm³/mol. The molecule has 0 aromatic carbocycles. The molecule has 0 aromatic rings. The molecule has 0 heterocycles. The fourth-order valence-corrected chi connectivity index (χ4v) is 11.8. The molecule has 12 atom stereocenters. The molecule has 0 radical (unpaired) electrons. The van der Waals surface area contributed by atoms with Crippen LogP contribution >= 0.6 is 0 Å². The van der Waals surface area contributed by atoms with Crippen LogP contribution in [0.5, 0.6) is 0 Å². The van der Waals surface area contributed by atoms with Crippen molar-refractivity contribution in [3.63, 3.8) is 0 Å². The van der Waals surface area contributed by atoms with Gasteiger partial charge in [-0.05, 0) is 92.8 Å². The third-order valence-corrected chi connectivity index (χ3v) is 14.7. The normalized spacial score (nSPS) is 49.0. The summed E-state index contributed by atoms with van der Waals surface area (Å²) in [6.07, 6.45) is 5.70. The van der Waals surface area contributed by atoms with Crippen LogP contribution in [-0.4, -0.2) is 70.0 Å². The predicted octanol–water partition coefficient (Wildman–Crippen LogP) is 5.11. The van der Waals surface area contributed by atoms with E-state index < -0.39 is 64.6 Å². The van der Waals surface area contributed by atoms with Crippen LogP contribution in [0.4, 0.5) is 0 Å². The molecule has 0 saturated heterocycles. The Labute approximate surface area is 269 Å². The van der Waals surface area contributed by atoms with Gasteiger partial charge in [-0.1, -0.05) is 59.3 Å². The fourth-order valence-electron chi connectivity index (χ4n) is 11.8. The molecule has 8 heteroatoms. The lowest BCUT2D eigenvalue weighted by molar-refractivity contribution is -0.267. The number of allylic oxidation sites excluding steroid dienone is 3. The van der Waals surface area contributed by atoms with Crippen molar-refractivity contribution in [3.05, 3.63) is 23.3 Å². The molecule has 254 valence electrons. The van der Waals surface area contributed by atoms with E-state index in [9.17, 15) is 30.0 Å². The van der Waals surface area contributed by atoms with Crippen molar-refractivity contribution in [1.29, 1.82) is 0 Å². The maximum Gasteiger partial charge on any atom is 0.333 e. The third-order valence-electron chi connectivity index (χ3n) is 14.7. The van der Waals surface area contributed by atoms with E-state index in [-0.39, 0.29) is 35.2 Å². The molecule has 4 N–H and O–H groups in total. The largest absolute Gasteiger partial charge is 0.458 e. The number of aliphatic hydroxyl groups excluding tert-OH is 4. The van der Waals surface area contributed by atoms with E-state index in [0.29, 0.717) is 24.8 Å². The van der Waals surface area contributed by atoms with Gasteiger partial charge in [-0.3, -0.25) is 4.79 Å². The van der Waals surface area contributed by atoms with Gasteiger partial charge in [-0.2, -0.15) is 0 Å². The molecule has 8 nitrogen and oxygen atoms in total. The van der Waals surface area contributed by atoms with E-state index >= 15 is 0 Å². The number of esters is 2. The SMILES string of the molecule is C/C=C(\C)C(=O)O[C@H]1[C@H](OC(C)=O)[C@]2(CO)[C@H](O)C[C@]3(C)C(=CC[C@@H]4[C@@]5(C)CC[C@H](O)[C@](C)(CO)[C@@H]5CC[C@]43C)[C@@H]2CC1(C)C. The molecular weight excluding hydrogens is 572 g/mol. The lowest BCUT2D eigenvalue weighted by Gasteiger charge is -2.72. The molecule has 0 spiro atoms. The summed E-state index contributed by atoms with van der Waals surface area (Å²) in [6.45, 7) is 17.4. The Kier molecular flexibility index (Phi) is 8.58. The van der Waals surface area contributed by atoms with Crippen molar-refractivity contribution >= 4 is 11.9 Å². The van der Waals surface area contributed by atoms with E-state index in [2.05, 4.69) is 33.8 Å². The summed E-state index contributed by atoms with van der Waals surface area (Å²) in [4.78, 5) is 25.8. The summed E-state index contributed by atoms with van der Waals surface area (Å²) in [5.74, 6) is -0.885. The van der Waals surface area contributed by atoms with Gasteiger partial charge in [-0.25, -0.2) is 4.79 Å². The first-order valence-electron chi connectivity index (χ1n) is 17.1. The summed E-state index contributed by atoms with van der Waals surface area (Å²) in [7, 11) is 0. The topological polar surface area (TPSA) is 134 Å². The van der Waals surface area contributed by atoms with Crippen molar-refractivity contribution in [3.8, 4) is 0 Å². The average molecular weight is 631 g/mol. The van der Waals surface area contributed by atoms with Crippen LogP contribution in [0.15, 0.2) is 23.3 Å². The number of rotatable bonds is 5. The van der Waals surface area contributed by atoms with Crippen molar-refractivity contribution in [2.45, 2.75) is 132 Å². The number of carbonyl (C=O) groups excluding carboxylic acids is 2. The van der Waals surface area contributed by atoms with Crippen LogP contribution in [0, 0.1) is 50.2 Å². The van der Waals surface area contributed by atoms with E-state index in [1.54, 1.807) is 19.9 Å². The highest BCUT2D eigenvalue weighted by molar-refractivity contribution is 5.87. The average Bonchev–Trinajstić information content (AvgIpc) is 2.96. The molecule has 4 saturated carbocycles. The minimum absolute atomic E-state index is 0.0397. The number of hydrogen-bond donors (Lipinski definition) is 4. The molecule has 5 rings (SSSR count). The molecule has 0 amide bonds. The Bertz CT molecular complexity index is 1270. The molecule has 0 aliphatic heterocycles. The quantitative estimate of drug-likeness (QED) is 0.187. The van der Waals surface area contributed by atoms with Crippen LogP contribution in [0.3, 0.4) is 0 Å². The summed E-state index contributed by atoms with van der Waals surface area (Å²) >= 11 is 0. The second-order valence-corrected chi connectivity index (χ2v) is 17.1. The lowest BCUT2D eigenvalue weighted by atomic mass is 9.33. The molecule has 5 aliphatic rings. The Balaban J connectivity index is 1.63. The lowest BCUT2D eigenvalue weighted by Crippen LogP contribution is -2.72. The van der Waals surface area contributed by atoms with Crippen LogP contribution < -0.4 is 0 Å². The van der Waals surface area contributed by atoms with Crippen molar-refractivity contribution in [2.75, 3.05) is 13.2 Å². The highest BCUT2D eigenvalue weighted by atomic mass is 16.6. The number of ether oxygens (including phenoxy) is 2. The fraction of sp³-hybridized carbons (Fsp3) is 0.838. The second-order valence-electron chi connectivity index (χ2n) is 17.1. The standard InChI is InChI=1S/C37H58O8/c1-10-21(2)31(43)45-29-30(44-22(3)40)37(20-39)24(17-32(29,4)5)23-11-12-26-33(6)15-14-27(41)34(7,19-38)25(33)13-16-35(26,8)36(23,9)18-28(37)42/h10-11,24-30,38-39,41-42H,12-20H2,1-9H3/b21-10+/t24-,25+,26+,27-,28+,29-,30-,33-,34+,35+,36+,37-/m0/s1. The van der Waals surface area contributed by atoms with Crippen molar-refractivity contribution in [2.24, 2.45) is 50.2 Å². The summed E-state index contributed by atoms with van der Waals surface area (Å²) in [5, 5.41) is 45.3. The number of carbonyl (C=O) groups is 2. The summed E-state index contributed by atoms with van der Waals surface area (Å²) in [6, 6.07) is 0. The van der Waals surface area contributed by atoms with Crippen molar-refractivity contribution < 1.29 is 39.5 Å². The number of aliphatic hydroxyl groups is 4. The third kappa shape index (κ3) is 4.58. The molecule has 0 bridgehead atoms. The van der Waals surface area contributed by atoms with Gasteiger partial charge in [0, 0.05) is 23.3 Å². The van der Waals surface area contributed by atoms with Crippen molar-refractivity contribution in [1.82, 2.24) is 0 Å². The summed E-state index contributed by atoms with van der Waals surface area (Å²) in [5.41, 5.74) is -1.46. The zero-order valence-electron chi connectivity index (χ0n) is 29.0. The van der Waals surface area contributed by atoms with Gasteiger partial charge in [0.15, 0.2) is 0 Å². The zero-order chi connectivity index (χ0) is 33.5. The van der Waals surface area contributed by atoms with E-state index in [1.165, 1.54) is 12.5 Å². The monoisotopic (exact) mass is 630 g/mol. The van der Waals surface area contributed by atoms with Gasteiger partial charge < -0.3 is 29.9 Å². The molecule has 0 aromatic heterocycles. The van der Waals surface area contributed by atoms with Gasteiger partial charge >= 0.3 is 11.9 Å². The van der Waals surface area contributed by atoms with Gasteiger partial charge in [0.05, 0.1) is 30.8 Å². The minimum atomic E-state index is -1.24. The van der Waals surface area contributed by atoms with Gasteiger partial charge in [0.1, 0.15) is 12.2 Å². The van der Waals surface area contributed by atoms with E-state index in [0.717, 1.165) is 25.7 Å². The maximum absolute atomic E-state index is 13.1. The highest BCUT2D eigenvalue weighted by Gasteiger charge is 2.73.